The number of nitrogens with zero attached hydrogens (tertiary/aromatic N) is 1. The van der Waals surface area contributed by atoms with Crippen LogP contribution in [0.4, 0.5) is 0 Å². The van der Waals surface area contributed by atoms with E-state index in [1.807, 2.05) is 25.3 Å². The van der Waals surface area contributed by atoms with Crippen molar-refractivity contribution in [1.82, 2.24) is 15.6 Å². The number of hydrogen-bond donors (Lipinski definition) is 2. The Morgan fingerprint density at radius 3 is 2.95 bits per heavy atom. The fourth-order valence-electron chi connectivity index (χ4n) is 1.84. The summed E-state index contributed by atoms with van der Waals surface area (Å²) in [5.41, 5.74) is 2.01. The van der Waals surface area contributed by atoms with Crippen LogP contribution >= 0.6 is 0 Å². The number of amides is 1. The minimum absolute atomic E-state index is 0.153. The van der Waals surface area contributed by atoms with E-state index in [1.54, 1.807) is 12.3 Å². The van der Waals surface area contributed by atoms with Crippen LogP contribution in [0.5, 0.6) is 0 Å². The van der Waals surface area contributed by atoms with Gasteiger partial charge < -0.3 is 15.1 Å². The Bertz CT molecular complexity index is 537. The molecule has 5 heteroatoms. The summed E-state index contributed by atoms with van der Waals surface area (Å²) in [6.45, 7) is 4.11. The number of aryl methyl sites for hydroxylation is 1. The zero-order valence-electron chi connectivity index (χ0n) is 11.6. The van der Waals surface area contributed by atoms with E-state index in [1.165, 1.54) is 6.26 Å². The monoisotopic (exact) mass is 273 g/mol. The van der Waals surface area contributed by atoms with Gasteiger partial charge in [0, 0.05) is 31.0 Å². The second-order valence-corrected chi connectivity index (χ2v) is 4.58. The molecule has 2 aromatic heterocycles. The molecule has 0 aliphatic carbocycles. The van der Waals surface area contributed by atoms with E-state index in [0.29, 0.717) is 12.3 Å². The largest absolute Gasteiger partial charge is 0.459 e. The van der Waals surface area contributed by atoms with Gasteiger partial charge in [0.1, 0.15) is 0 Å². The normalized spacial score (nSPS) is 10.4. The number of furan rings is 1. The lowest BCUT2D eigenvalue weighted by Gasteiger charge is -2.06. The van der Waals surface area contributed by atoms with Gasteiger partial charge in [-0.15, -0.1) is 0 Å². The van der Waals surface area contributed by atoms with Gasteiger partial charge in [-0.25, -0.2) is 0 Å². The highest BCUT2D eigenvalue weighted by molar-refractivity contribution is 5.92. The van der Waals surface area contributed by atoms with E-state index < -0.39 is 0 Å². The minimum Gasteiger partial charge on any atom is -0.459 e. The van der Waals surface area contributed by atoms with E-state index >= 15 is 0 Å². The molecule has 0 saturated carbocycles. The summed E-state index contributed by atoms with van der Waals surface area (Å²) in [7, 11) is 0. The first kappa shape index (κ1) is 14.3. The second kappa shape index (κ2) is 7.45. The van der Waals surface area contributed by atoms with E-state index in [4.69, 9.17) is 4.42 Å². The Labute approximate surface area is 118 Å². The topological polar surface area (TPSA) is 67.2 Å². The van der Waals surface area contributed by atoms with Crippen LogP contribution in [0.15, 0.2) is 41.3 Å². The van der Waals surface area contributed by atoms with Crippen LogP contribution in [0.25, 0.3) is 0 Å². The van der Waals surface area contributed by atoms with Crippen LogP contribution in [-0.2, 0) is 6.54 Å². The summed E-state index contributed by atoms with van der Waals surface area (Å²) >= 11 is 0. The van der Waals surface area contributed by atoms with E-state index in [0.717, 1.165) is 30.6 Å². The first-order valence-electron chi connectivity index (χ1n) is 6.69. The summed E-state index contributed by atoms with van der Waals surface area (Å²) in [5, 5.41) is 6.15. The average Bonchev–Trinajstić information content (AvgIpc) is 2.90. The van der Waals surface area contributed by atoms with Crippen molar-refractivity contribution in [2.75, 3.05) is 13.1 Å². The Balaban J connectivity index is 1.58. The summed E-state index contributed by atoms with van der Waals surface area (Å²) < 4.78 is 5.13. The second-order valence-electron chi connectivity index (χ2n) is 4.58. The lowest BCUT2D eigenvalue weighted by Crippen LogP contribution is -2.27. The van der Waals surface area contributed by atoms with Crippen LogP contribution in [0.2, 0.25) is 0 Å². The molecule has 0 radical (unpaired) electrons. The number of aromatic nitrogens is 1. The van der Waals surface area contributed by atoms with E-state index in [2.05, 4.69) is 15.6 Å². The first-order chi connectivity index (χ1) is 9.77. The number of nitrogens with one attached hydrogen (secondary N) is 2. The van der Waals surface area contributed by atoms with Crippen molar-refractivity contribution in [1.29, 1.82) is 0 Å². The average molecular weight is 273 g/mol. The van der Waals surface area contributed by atoms with Crippen molar-refractivity contribution in [3.05, 3.63) is 53.7 Å². The molecule has 2 N–H and O–H groups in total. The van der Waals surface area contributed by atoms with Gasteiger partial charge in [0.2, 0.25) is 0 Å². The number of rotatable bonds is 7. The van der Waals surface area contributed by atoms with Gasteiger partial charge in [-0.05, 0) is 37.6 Å². The molecule has 0 aliphatic heterocycles. The van der Waals surface area contributed by atoms with Crippen LogP contribution < -0.4 is 10.6 Å². The first-order valence-corrected chi connectivity index (χ1v) is 6.69. The maximum absolute atomic E-state index is 11.7. The summed E-state index contributed by atoms with van der Waals surface area (Å²) in [6, 6.07) is 5.73. The van der Waals surface area contributed by atoms with Crippen molar-refractivity contribution in [2.24, 2.45) is 0 Å². The molecule has 0 atom stereocenters. The minimum atomic E-state index is -0.153. The van der Waals surface area contributed by atoms with Gasteiger partial charge in [-0.3, -0.25) is 9.78 Å². The molecule has 106 valence electrons. The van der Waals surface area contributed by atoms with Crippen molar-refractivity contribution < 1.29 is 9.21 Å². The molecule has 0 fully saturated rings. The predicted octanol–water partition coefficient (Wildman–Crippen LogP) is 1.89. The van der Waals surface area contributed by atoms with Crippen LogP contribution in [-0.4, -0.2) is 24.0 Å². The van der Waals surface area contributed by atoms with Crippen molar-refractivity contribution in [3.63, 3.8) is 0 Å². The van der Waals surface area contributed by atoms with Crippen molar-refractivity contribution >= 4 is 5.91 Å². The van der Waals surface area contributed by atoms with Gasteiger partial charge in [0.15, 0.2) is 5.76 Å². The molecule has 0 aromatic carbocycles. The van der Waals surface area contributed by atoms with E-state index in [9.17, 15) is 4.79 Å². The smallest absolute Gasteiger partial charge is 0.287 e. The highest BCUT2D eigenvalue weighted by Crippen LogP contribution is 2.07. The van der Waals surface area contributed by atoms with Gasteiger partial charge in [0.25, 0.3) is 5.91 Å². The third kappa shape index (κ3) is 4.20. The molecule has 0 bridgehead atoms. The molecule has 2 rings (SSSR count). The van der Waals surface area contributed by atoms with E-state index in [-0.39, 0.29) is 5.91 Å². The molecule has 0 saturated heterocycles. The van der Waals surface area contributed by atoms with Crippen molar-refractivity contribution in [2.45, 2.75) is 19.9 Å². The van der Waals surface area contributed by atoms with Gasteiger partial charge in [-0.2, -0.15) is 0 Å². The summed E-state index contributed by atoms with van der Waals surface area (Å²) in [6.07, 6.45) is 6.00. The van der Waals surface area contributed by atoms with Crippen LogP contribution in [0.3, 0.4) is 0 Å². The molecule has 0 spiro atoms. The molecule has 20 heavy (non-hydrogen) atoms. The van der Waals surface area contributed by atoms with Gasteiger partial charge in [0.05, 0.1) is 6.26 Å². The maximum atomic E-state index is 11.7. The standard InChI is InChI=1S/C15H19N3O2/c1-12-5-9-20-14(12)15(19)18-8-3-7-17-11-13-4-2-6-16-10-13/h2,4-6,9-10,17H,3,7-8,11H2,1H3,(H,18,19). The lowest BCUT2D eigenvalue weighted by molar-refractivity contribution is 0.0924. The number of carbonyl (C=O) groups excluding carboxylic acids is 1. The zero-order valence-corrected chi connectivity index (χ0v) is 11.6. The molecule has 0 unspecified atom stereocenters. The Hall–Kier alpha value is -2.14. The molecule has 2 heterocycles. The fourth-order valence-corrected chi connectivity index (χ4v) is 1.84. The quantitative estimate of drug-likeness (QED) is 0.756. The highest BCUT2D eigenvalue weighted by atomic mass is 16.3. The summed E-state index contributed by atoms with van der Waals surface area (Å²) in [4.78, 5) is 15.8. The maximum Gasteiger partial charge on any atom is 0.287 e. The molecule has 5 nitrogen and oxygen atoms in total. The fraction of sp³-hybridized carbons (Fsp3) is 0.333. The van der Waals surface area contributed by atoms with Gasteiger partial charge >= 0.3 is 0 Å². The number of carbonyl (C=O) groups is 1. The Morgan fingerprint density at radius 1 is 1.35 bits per heavy atom. The van der Waals surface area contributed by atoms with Crippen LogP contribution in [0.1, 0.15) is 28.1 Å². The highest BCUT2D eigenvalue weighted by Gasteiger charge is 2.10. The molecule has 0 aliphatic rings. The number of hydrogen-bond acceptors (Lipinski definition) is 4. The SMILES string of the molecule is Cc1ccoc1C(=O)NCCCNCc1cccnc1. The molecular formula is C15H19N3O2. The Morgan fingerprint density at radius 2 is 2.25 bits per heavy atom. The summed E-state index contributed by atoms with van der Waals surface area (Å²) in [5.74, 6) is 0.244. The molecule has 2 aromatic rings. The Kier molecular flexibility index (Phi) is 5.32. The molecule has 1 amide bonds. The third-order valence-electron chi connectivity index (χ3n) is 2.94. The third-order valence-corrected chi connectivity index (χ3v) is 2.94. The predicted molar refractivity (Wildman–Crippen MR) is 76.3 cm³/mol. The lowest BCUT2D eigenvalue weighted by atomic mass is 10.2. The van der Waals surface area contributed by atoms with Crippen molar-refractivity contribution in [3.8, 4) is 0 Å². The van der Waals surface area contributed by atoms with Crippen LogP contribution in [0, 0.1) is 6.92 Å². The van der Waals surface area contributed by atoms with Gasteiger partial charge in [-0.1, -0.05) is 6.07 Å². The molecular weight excluding hydrogens is 254 g/mol. The zero-order chi connectivity index (χ0) is 14.2. The number of pyridine rings is 1.